The molecule has 1 heterocycles. The van der Waals surface area contributed by atoms with Gasteiger partial charge in [-0.1, -0.05) is 44.2 Å². The molecule has 3 N–H and O–H groups in total. The number of aliphatic carboxylic acids is 1. The third-order valence-electron chi connectivity index (χ3n) is 8.91. The number of β-amino-alcohol motifs (C(OH)–C–C–N with tert-alkyl or cyclic N) is 1. The van der Waals surface area contributed by atoms with E-state index in [4.69, 9.17) is 4.74 Å². The van der Waals surface area contributed by atoms with Crippen molar-refractivity contribution in [3.63, 3.8) is 0 Å². The highest BCUT2D eigenvalue weighted by molar-refractivity contribution is 5.90. The third kappa shape index (κ3) is 5.77. The Bertz CT molecular complexity index is 1250. The molecule has 3 fully saturated rings. The fourth-order valence-electron chi connectivity index (χ4n) is 6.66. The summed E-state index contributed by atoms with van der Waals surface area (Å²) in [6, 6.07) is 8.89. The van der Waals surface area contributed by atoms with E-state index < -0.39 is 34.8 Å². The van der Waals surface area contributed by atoms with Gasteiger partial charge in [0.2, 0.25) is 0 Å². The molecule has 2 aromatic rings. The topological polar surface area (TPSA) is 99.1 Å². The molecule has 2 aromatic carbocycles. The van der Waals surface area contributed by atoms with Crippen LogP contribution in [0.3, 0.4) is 0 Å². The van der Waals surface area contributed by atoms with Crippen LogP contribution in [0, 0.1) is 5.92 Å². The molecule has 3 aliphatic rings. The molecular weight excluding hydrogens is 525 g/mol. The first-order valence-corrected chi connectivity index (χ1v) is 14.0. The fourth-order valence-corrected chi connectivity index (χ4v) is 6.66. The molecule has 0 spiro atoms. The Morgan fingerprint density at radius 2 is 1.68 bits per heavy atom. The van der Waals surface area contributed by atoms with E-state index in [1.54, 1.807) is 24.3 Å². The first-order chi connectivity index (χ1) is 19.0. The second-order valence-corrected chi connectivity index (χ2v) is 11.5. The Hall–Kier alpha value is -3.27. The first kappa shape index (κ1) is 28.3. The summed E-state index contributed by atoms with van der Waals surface area (Å²) in [6.45, 7) is 0.462. The van der Waals surface area contributed by atoms with Crippen molar-refractivity contribution in [3.05, 3.63) is 53.6 Å². The van der Waals surface area contributed by atoms with Gasteiger partial charge in [0.05, 0.1) is 23.1 Å². The van der Waals surface area contributed by atoms with Crippen LogP contribution in [0.15, 0.2) is 42.5 Å². The number of rotatable bonds is 6. The zero-order valence-electron chi connectivity index (χ0n) is 22.3. The maximum Gasteiger partial charge on any atom is 0.416 e. The Balaban J connectivity index is 1.35. The van der Waals surface area contributed by atoms with Crippen molar-refractivity contribution in [1.29, 1.82) is 0 Å². The number of carboxylic acids is 1. The Morgan fingerprint density at radius 3 is 2.35 bits per heavy atom. The number of urea groups is 1. The highest BCUT2D eigenvalue weighted by Gasteiger charge is 2.45. The highest BCUT2D eigenvalue weighted by Crippen LogP contribution is 2.43. The quantitative estimate of drug-likeness (QED) is 0.355. The lowest BCUT2D eigenvalue weighted by Crippen LogP contribution is -2.43. The van der Waals surface area contributed by atoms with E-state index in [1.165, 1.54) is 11.0 Å². The SMILES string of the molecule is O=C(Nc1cc(Oc2cccc(C3(C(=O)O)CCCC3)c2)cc(C(F)(F)F)c1)N1CCC(O)(C2CCCCC2)C1. The monoisotopic (exact) mass is 560 g/mol. The predicted molar refractivity (Wildman–Crippen MR) is 142 cm³/mol. The van der Waals surface area contributed by atoms with Crippen LogP contribution in [-0.2, 0) is 16.4 Å². The van der Waals surface area contributed by atoms with Crippen molar-refractivity contribution < 1.29 is 37.7 Å². The van der Waals surface area contributed by atoms with Crippen LogP contribution in [0.25, 0.3) is 0 Å². The number of ether oxygens (including phenoxy) is 1. The van der Waals surface area contributed by atoms with Crippen molar-refractivity contribution in [2.75, 3.05) is 18.4 Å². The third-order valence-corrected chi connectivity index (χ3v) is 8.91. The number of anilines is 1. The van der Waals surface area contributed by atoms with Gasteiger partial charge in [-0.2, -0.15) is 13.2 Å². The molecule has 216 valence electrons. The maximum absolute atomic E-state index is 13.8. The average molecular weight is 561 g/mol. The molecule has 1 saturated heterocycles. The molecule has 0 aromatic heterocycles. The molecule has 2 amide bonds. The number of likely N-dealkylation sites (tertiary alicyclic amines) is 1. The Morgan fingerprint density at radius 1 is 0.950 bits per heavy atom. The summed E-state index contributed by atoms with van der Waals surface area (Å²) < 4.78 is 47.1. The van der Waals surface area contributed by atoms with Crippen molar-refractivity contribution in [1.82, 2.24) is 4.90 Å². The van der Waals surface area contributed by atoms with Crippen LogP contribution in [0.2, 0.25) is 0 Å². The highest BCUT2D eigenvalue weighted by atomic mass is 19.4. The summed E-state index contributed by atoms with van der Waals surface area (Å²) in [4.78, 5) is 26.6. The standard InChI is InChI=1S/C30H35F3N2O5/c31-30(32,33)22-15-23(34-27(38)35-14-13-29(39,19-35)20-7-2-1-3-8-20)18-25(17-22)40-24-10-6-9-21(16-24)28(26(36)37)11-4-5-12-28/h6,9-10,15-18,20,39H,1-5,7-8,11-14,19H2,(H,34,38)(H,36,37). The second kappa shape index (κ2) is 11.0. The summed E-state index contributed by atoms with van der Waals surface area (Å²) in [5, 5.41) is 23.7. The number of amides is 2. The summed E-state index contributed by atoms with van der Waals surface area (Å²) in [7, 11) is 0. The molecular formula is C30H35F3N2O5. The number of benzene rings is 2. The van der Waals surface area contributed by atoms with Gasteiger partial charge in [-0.3, -0.25) is 4.79 Å². The Kier molecular flexibility index (Phi) is 7.74. The van der Waals surface area contributed by atoms with Gasteiger partial charge in [-0.25, -0.2) is 4.79 Å². The molecule has 7 nitrogen and oxygen atoms in total. The molecule has 1 unspecified atom stereocenters. The van der Waals surface area contributed by atoms with Crippen LogP contribution in [0.4, 0.5) is 23.7 Å². The van der Waals surface area contributed by atoms with E-state index in [0.29, 0.717) is 31.4 Å². The van der Waals surface area contributed by atoms with Crippen LogP contribution >= 0.6 is 0 Å². The van der Waals surface area contributed by atoms with Crippen molar-refractivity contribution in [3.8, 4) is 11.5 Å². The summed E-state index contributed by atoms with van der Waals surface area (Å²) in [5.41, 5.74) is -2.54. The van der Waals surface area contributed by atoms with Gasteiger partial charge in [0, 0.05) is 18.3 Å². The number of nitrogens with one attached hydrogen (secondary N) is 1. The minimum atomic E-state index is -4.69. The zero-order chi connectivity index (χ0) is 28.5. The van der Waals surface area contributed by atoms with Crippen LogP contribution in [0.1, 0.15) is 75.3 Å². The number of carbonyl (C=O) groups excluding carboxylic acids is 1. The molecule has 0 bridgehead atoms. The van der Waals surface area contributed by atoms with Gasteiger partial charge in [0.25, 0.3) is 0 Å². The summed E-state index contributed by atoms with van der Waals surface area (Å²) in [6.07, 6.45) is 3.34. The normalized spacial score (nSPS) is 23.2. The minimum absolute atomic E-state index is 0.0862. The zero-order valence-corrected chi connectivity index (χ0v) is 22.3. The molecule has 40 heavy (non-hydrogen) atoms. The van der Waals surface area contributed by atoms with Crippen LogP contribution < -0.4 is 10.1 Å². The Labute approximate surface area is 231 Å². The number of nitrogens with zero attached hydrogens (tertiary/aromatic N) is 1. The maximum atomic E-state index is 13.8. The van der Waals surface area contributed by atoms with E-state index in [1.807, 2.05) is 0 Å². The van der Waals surface area contributed by atoms with E-state index in [0.717, 1.165) is 57.1 Å². The lowest BCUT2D eigenvalue weighted by Gasteiger charge is -2.35. The molecule has 2 aliphatic carbocycles. The average Bonchev–Trinajstić information content (AvgIpc) is 3.58. The van der Waals surface area contributed by atoms with Gasteiger partial charge >= 0.3 is 18.2 Å². The molecule has 1 aliphatic heterocycles. The van der Waals surface area contributed by atoms with Gasteiger partial charge in [-0.15, -0.1) is 0 Å². The van der Waals surface area contributed by atoms with E-state index in [9.17, 15) is 33.0 Å². The minimum Gasteiger partial charge on any atom is -0.481 e. The summed E-state index contributed by atoms with van der Waals surface area (Å²) in [5.74, 6) is -0.742. The smallest absolute Gasteiger partial charge is 0.416 e. The van der Waals surface area contributed by atoms with Crippen LogP contribution in [0.5, 0.6) is 11.5 Å². The number of halogens is 3. The second-order valence-electron chi connectivity index (χ2n) is 11.5. The van der Waals surface area contributed by atoms with Gasteiger partial charge in [-0.05, 0) is 67.9 Å². The van der Waals surface area contributed by atoms with Crippen molar-refractivity contribution in [2.45, 2.75) is 81.4 Å². The number of hydrogen-bond donors (Lipinski definition) is 3. The lowest BCUT2D eigenvalue weighted by molar-refractivity contribution is -0.143. The van der Waals surface area contributed by atoms with Gasteiger partial charge in [0.1, 0.15) is 11.5 Å². The molecule has 1 atom stereocenters. The van der Waals surface area contributed by atoms with Crippen molar-refractivity contribution in [2.24, 2.45) is 5.92 Å². The number of carbonyl (C=O) groups is 2. The molecule has 10 heteroatoms. The number of alkyl halides is 3. The first-order valence-electron chi connectivity index (χ1n) is 14.0. The van der Waals surface area contributed by atoms with Gasteiger partial charge in [0.15, 0.2) is 0 Å². The molecule has 5 rings (SSSR count). The fraction of sp³-hybridized carbons (Fsp3) is 0.533. The molecule has 2 saturated carbocycles. The molecule has 0 radical (unpaired) electrons. The largest absolute Gasteiger partial charge is 0.481 e. The van der Waals surface area contributed by atoms with Crippen molar-refractivity contribution >= 4 is 17.7 Å². The van der Waals surface area contributed by atoms with Gasteiger partial charge < -0.3 is 25.2 Å². The predicted octanol–water partition coefficient (Wildman–Crippen LogP) is 6.94. The van der Waals surface area contributed by atoms with E-state index in [-0.39, 0.29) is 29.6 Å². The summed E-state index contributed by atoms with van der Waals surface area (Å²) >= 11 is 0. The van der Waals surface area contributed by atoms with E-state index in [2.05, 4.69) is 5.32 Å². The number of carboxylic acid groups (broad SMARTS) is 1. The number of aliphatic hydroxyl groups is 1. The number of hydrogen-bond acceptors (Lipinski definition) is 4. The van der Waals surface area contributed by atoms with Crippen LogP contribution in [-0.4, -0.2) is 45.8 Å². The lowest BCUT2D eigenvalue weighted by atomic mass is 9.76. The van der Waals surface area contributed by atoms with E-state index >= 15 is 0 Å².